The number of fused-ring (bicyclic) bond motifs is 1. The number of aliphatic imine (C=N–C) groups is 1. The lowest BCUT2D eigenvalue weighted by Crippen LogP contribution is -2.39. The molecule has 9 heteroatoms. The molecule has 4 rings (SSSR count). The molecule has 2 aliphatic heterocycles. The van der Waals surface area contributed by atoms with Crippen LogP contribution in [0.25, 0.3) is 0 Å². The van der Waals surface area contributed by atoms with Gasteiger partial charge in [-0.15, -0.1) is 0 Å². The van der Waals surface area contributed by atoms with Crippen LogP contribution in [0.2, 0.25) is 0 Å². The monoisotopic (exact) mass is 472 g/mol. The third-order valence-electron chi connectivity index (χ3n) is 4.53. The van der Waals surface area contributed by atoms with Crippen molar-refractivity contribution in [2.75, 3.05) is 16.4 Å². The van der Waals surface area contributed by atoms with Gasteiger partial charge in [-0.2, -0.15) is 0 Å². The van der Waals surface area contributed by atoms with Gasteiger partial charge in [0.2, 0.25) is 0 Å². The highest BCUT2D eigenvalue weighted by atomic mass is 79.9. The summed E-state index contributed by atoms with van der Waals surface area (Å²) in [6, 6.07) is 10.1. The molecule has 2 aliphatic rings. The van der Waals surface area contributed by atoms with Crippen molar-refractivity contribution in [3.05, 3.63) is 64.1 Å². The standard InChI is InChI=1S/C18H15BrF2N2O2S2/c19-12-4-5-16(14(21)7-12)23-17-10-27(24,25)9-15(17)22-18(23)26-8-11-2-1-3-13(20)6-11/h1-7,15,17H,8-10H2/t15-,17+/m1/s1. The third kappa shape index (κ3) is 3.90. The van der Waals surface area contributed by atoms with Gasteiger partial charge in [0.05, 0.1) is 29.3 Å². The van der Waals surface area contributed by atoms with Crippen molar-refractivity contribution in [1.82, 2.24) is 0 Å². The molecule has 2 atom stereocenters. The zero-order valence-corrected chi connectivity index (χ0v) is 17.2. The number of sulfone groups is 1. The number of hydrogen-bond acceptors (Lipinski definition) is 5. The second kappa shape index (κ2) is 7.18. The van der Waals surface area contributed by atoms with E-state index in [0.717, 1.165) is 5.56 Å². The molecular weight excluding hydrogens is 458 g/mol. The molecule has 2 aromatic carbocycles. The molecule has 2 aromatic rings. The van der Waals surface area contributed by atoms with Crippen molar-refractivity contribution >= 4 is 48.4 Å². The Bertz CT molecular complexity index is 1030. The van der Waals surface area contributed by atoms with Crippen LogP contribution in [0.1, 0.15) is 5.56 Å². The number of thioether (sulfide) groups is 1. The number of amidine groups is 1. The first-order valence-electron chi connectivity index (χ1n) is 8.22. The Morgan fingerprint density at radius 3 is 2.74 bits per heavy atom. The minimum atomic E-state index is -3.20. The fraction of sp³-hybridized carbons (Fsp3) is 0.278. The number of halogens is 3. The second-order valence-electron chi connectivity index (χ2n) is 6.51. The Morgan fingerprint density at radius 2 is 2.00 bits per heavy atom. The van der Waals surface area contributed by atoms with Gasteiger partial charge in [0.15, 0.2) is 15.0 Å². The van der Waals surface area contributed by atoms with E-state index >= 15 is 0 Å². The highest BCUT2D eigenvalue weighted by Crippen LogP contribution is 2.37. The molecule has 1 saturated heterocycles. The lowest BCUT2D eigenvalue weighted by molar-refractivity contribution is 0.600. The van der Waals surface area contributed by atoms with Gasteiger partial charge < -0.3 is 4.90 Å². The van der Waals surface area contributed by atoms with Crippen LogP contribution in [-0.4, -0.2) is 37.2 Å². The molecule has 0 unspecified atom stereocenters. The molecule has 2 heterocycles. The molecule has 0 bridgehead atoms. The zero-order chi connectivity index (χ0) is 19.2. The van der Waals surface area contributed by atoms with E-state index in [-0.39, 0.29) is 17.3 Å². The largest absolute Gasteiger partial charge is 0.312 e. The number of hydrogen-bond donors (Lipinski definition) is 0. The summed E-state index contributed by atoms with van der Waals surface area (Å²) in [5, 5.41) is 0.561. The normalized spacial score (nSPS) is 23.4. The fourth-order valence-electron chi connectivity index (χ4n) is 3.37. The summed E-state index contributed by atoms with van der Waals surface area (Å²) in [5.41, 5.74) is 1.08. The van der Waals surface area contributed by atoms with Crippen LogP contribution in [0.5, 0.6) is 0 Å². The molecule has 0 aromatic heterocycles. The first-order chi connectivity index (χ1) is 12.8. The Labute approximate surface area is 168 Å². The summed E-state index contributed by atoms with van der Waals surface area (Å²) in [7, 11) is -3.20. The van der Waals surface area contributed by atoms with Crippen molar-refractivity contribution in [2.24, 2.45) is 4.99 Å². The van der Waals surface area contributed by atoms with Crippen molar-refractivity contribution in [2.45, 2.75) is 17.8 Å². The minimum absolute atomic E-state index is 0.0314. The van der Waals surface area contributed by atoms with E-state index in [2.05, 4.69) is 20.9 Å². The molecule has 142 valence electrons. The Hall–Kier alpha value is -1.45. The highest BCUT2D eigenvalue weighted by molar-refractivity contribution is 9.10. The lowest BCUT2D eigenvalue weighted by Gasteiger charge is -2.27. The van der Waals surface area contributed by atoms with Crippen molar-refractivity contribution in [3.63, 3.8) is 0 Å². The van der Waals surface area contributed by atoms with Crippen molar-refractivity contribution in [1.29, 1.82) is 0 Å². The van der Waals surface area contributed by atoms with Crippen LogP contribution in [0.3, 0.4) is 0 Å². The van der Waals surface area contributed by atoms with Crippen LogP contribution in [-0.2, 0) is 15.6 Å². The van der Waals surface area contributed by atoms with Gasteiger partial charge in [-0.3, -0.25) is 4.99 Å². The van der Waals surface area contributed by atoms with E-state index in [0.29, 0.717) is 21.1 Å². The maximum atomic E-state index is 14.6. The summed E-state index contributed by atoms with van der Waals surface area (Å²) in [4.78, 5) is 6.24. The van der Waals surface area contributed by atoms with E-state index in [1.165, 1.54) is 30.0 Å². The zero-order valence-electron chi connectivity index (χ0n) is 14.0. The maximum absolute atomic E-state index is 14.6. The third-order valence-corrected chi connectivity index (χ3v) is 7.76. The summed E-state index contributed by atoms with van der Waals surface area (Å²) in [6.07, 6.45) is 0. The lowest BCUT2D eigenvalue weighted by atomic mass is 10.1. The van der Waals surface area contributed by atoms with Gasteiger partial charge in [-0.1, -0.05) is 39.8 Å². The summed E-state index contributed by atoms with van der Waals surface area (Å²) < 4.78 is 52.7. The van der Waals surface area contributed by atoms with Gasteiger partial charge in [-0.25, -0.2) is 17.2 Å². The Morgan fingerprint density at radius 1 is 1.19 bits per heavy atom. The molecule has 0 radical (unpaired) electrons. The molecular formula is C18H15BrF2N2O2S2. The average molecular weight is 473 g/mol. The van der Waals surface area contributed by atoms with E-state index in [4.69, 9.17) is 0 Å². The highest BCUT2D eigenvalue weighted by Gasteiger charge is 2.47. The van der Waals surface area contributed by atoms with E-state index in [1.54, 1.807) is 29.2 Å². The molecule has 1 fully saturated rings. The fourth-order valence-corrected chi connectivity index (χ4v) is 6.60. The van der Waals surface area contributed by atoms with Gasteiger partial charge >= 0.3 is 0 Å². The van der Waals surface area contributed by atoms with Gasteiger partial charge in [0.1, 0.15) is 11.6 Å². The van der Waals surface area contributed by atoms with Crippen LogP contribution < -0.4 is 4.90 Å². The van der Waals surface area contributed by atoms with Crippen LogP contribution >= 0.6 is 27.7 Å². The van der Waals surface area contributed by atoms with Crippen molar-refractivity contribution in [3.8, 4) is 0 Å². The Balaban J connectivity index is 1.65. The molecule has 0 aliphatic carbocycles. The maximum Gasteiger partial charge on any atom is 0.164 e. The van der Waals surface area contributed by atoms with E-state index < -0.39 is 27.7 Å². The molecule has 0 spiro atoms. The molecule has 27 heavy (non-hydrogen) atoms. The minimum Gasteiger partial charge on any atom is -0.312 e. The first kappa shape index (κ1) is 18.9. The van der Waals surface area contributed by atoms with Crippen LogP contribution in [0, 0.1) is 11.6 Å². The number of rotatable bonds is 3. The van der Waals surface area contributed by atoms with E-state index in [9.17, 15) is 17.2 Å². The summed E-state index contributed by atoms with van der Waals surface area (Å²) in [5.74, 6) is -0.400. The van der Waals surface area contributed by atoms with Crippen LogP contribution in [0.15, 0.2) is 51.9 Å². The molecule has 0 amide bonds. The Kier molecular flexibility index (Phi) is 5.02. The van der Waals surface area contributed by atoms with Crippen molar-refractivity contribution < 1.29 is 17.2 Å². The van der Waals surface area contributed by atoms with Gasteiger partial charge in [-0.05, 0) is 35.9 Å². The average Bonchev–Trinajstić information content (AvgIpc) is 3.05. The molecule has 0 N–H and O–H groups in total. The quantitative estimate of drug-likeness (QED) is 0.677. The first-order valence-corrected chi connectivity index (χ1v) is 11.8. The predicted molar refractivity (Wildman–Crippen MR) is 108 cm³/mol. The summed E-state index contributed by atoms with van der Waals surface area (Å²) in [6.45, 7) is 0. The second-order valence-corrected chi connectivity index (χ2v) is 10.5. The summed E-state index contributed by atoms with van der Waals surface area (Å²) >= 11 is 4.59. The predicted octanol–water partition coefficient (Wildman–Crippen LogP) is 4.00. The number of benzene rings is 2. The number of anilines is 1. The number of nitrogens with zero attached hydrogens (tertiary/aromatic N) is 2. The molecule has 4 nitrogen and oxygen atoms in total. The topological polar surface area (TPSA) is 49.7 Å². The molecule has 0 saturated carbocycles. The van der Waals surface area contributed by atoms with Gasteiger partial charge in [0, 0.05) is 10.2 Å². The smallest absolute Gasteiger partial charge is 0.164 e. The SMILES string of the molecule is O=S1(=O)C[C@H]2N=C(SCc3cccc(F)c3)N(c3ccc(Br)cc3F)[C@H]2C1. The van der Waals surface area contributed by atoms with Crippen LogP contribution in [0.4, 0.5) is 14.5 Å². The van der Waals surface area contributed by atoms with Gasteiger partial charge in [0.25, 0.3) is 0 Å². The van der Waals surface area contributed by atoms with E-state index in [1.807, 2.05) is 0 Å².